The van der Waals surface area contributed by atoms with E-state index >= 15 is 0 Å². The van der Waals surface area contributed by atoms with Crippen LogP contribution >= 0.6 is 0 Å². The Morgan fingerprint density at radius 1 is 1.60 bits per heavy atom. The second-order valence-electron chi connectivity index (χ2n) is 2.81. The van der Waals surface area contributed by atoms with E-state index in [0.29, 0.717) is 6.42 Å². The summed E-state index contributed by atoms with van der Waals surface area (Å²) >= 11 is 0. The van der Waals surface area contributed by atoms with Crippen LogP contribution in [0.2, 0.25) is 0 Å². The third kappa shape index (κ3) is 3.45. The van der Waals surface area contributed by atoms with E-state index in [2.05, 4.69) is 5.32 Å². The van der Waals surface area contributed by atoms with Gasteiger partial charge in [0.1, 0.15) is 0 Å². The number of hydrogen-bond acceptors (Lipinski definition) is 2. The van der Waals surface area contributed by atoms with Crippen LogP contribution in [-0.2, 0) is 9.53 Å². The lowest BCUT2D eigenvalue weighted by atomic mass is 10.1. The van der Waals surface area contributed by atoms with E-state index in [1.165, 1.54) is 0 Å². The Balaban J connectivity index is 3.76. The molecule has 0 spiro atoms. The Kier molecular flexibility index (Phi) is 3.36. The molecule has 0 aliphatic rings. The van der Waals surface area contributed by atoms with Crippen molar-refractivity contribution in [3.8, 4) is 0 Å². The number of ether oxygens (including phenoxy) is 1. The fourth-order valence-corrected chi connectivity index (χ4v) is 0.547. The summed E-state index contributed by atoms with van der Waals surface area (Å²) in [5.41, 5.74) is -0.347. The molecule has 0 rings (SSSR count). The summed E-state index contributed by atoms with van der Waals surface area (Å²) in [5.74, 6) is 0.00634. The van der Waals surface area contributed by atoms with Crippen molar-refractivity contribution in [1.82, 2.24) is 5.32 Å². The van der Waals surface area contributed by atoms with Crippen LogP contribution in [0.25, 0.3) is 0 Å². The van der Waals surface area contributed by atoms with E-state index in [1.807, 2.05) is 13.8 Å². The number of carbonyl (C=O) groups is 1. The minimum Gasteiger partial charge on any atom is -0.378 e. The maximum Gasteiger partial charge on any atom is 0.222 e. The molecule has 0 atom stereocenters. The lowest BCUT2D eigenvalue weighted by molar-refractivity contribution is -0.125. The van der Waals surface area contributed by atoms with Crippen LogP contribution in [0.3, 0.4) is 0 Å². The zero-order valence-electron chi connectivity index (χ0n) is 7.02. The highest BCUT2D eigenvalue weighted by Crippen LogP contribution is 2.11. The topological polar surface area (TPSA) is 38.3 Å². The highest BCUT2D eigenvalue weighted by Gasteiger charge is 2.19. The molecule has 1 N–H and O–H groups in total. The first kappa shape index (κ1) is 9.43. The lowest BCUT2D eigenvalue weighted by Gasteiger charge is -2.21. The van der Waals surface area contributed by atoms with Gasteiger partial charge in [-0.3, -0.25) is 4.79 Å². The van der Waals surface area contributed by atoms with Crippen molar-refractivity contribution < 1.29 is 9.53 Å². The first-order valence-electron chi connectivity index (χ1n) is 3.27. The van der Waals surface area contributed by atoms with Gasteiger partial charge < -0.3 is 10.1 Å². The van der Waals surface area contributed by atoms with E-state index in [4.69, 9.17) is 4.74 Å². The molecule has 0 aromatic heterocycles. The van der Waals surface area contributed by atoms with E-state index in [0.717, 1.165) is 0 Å². The molecule has 0 bridgehead atoms. The molecular formula is C7H15NO2. The van der Waals surface area contributed by atoms with Crippen molar-refractivity contribution in [2.24, 2.45) is 0 Å². The van der Waals surface area contributed by atoms with Crippen molar-refractivity contribution in [1.29, 1.82) is 0 Å². The van der Waals surface area contributed by atoms with Crippen LogP contribution in [0.5, 0.6) is 0 Å². The molecule has 60 valence electrons. The summed E-state index contributed by atoms with van der Waals surface area (Å²) in [4.78, 5) is 10.8. The summed E-state index contributed by atoms with van der Waals surface area (Å²) in [5, 5.41) is 2.54. The number of nitrogens with one attached hydrogen (secondary N) is 1. The maximum atomic E-state index is 10.8. The number of carbonyl (C=O) groups excluding carboxylic acids is 1. The molecule has 0 heterocycles. The molecule has 0 aromatic carbocycles. The molecular weight excluding hydrogens is 130 g/mol. The van der Waals surface area contributed by atoms with E-state index < -0.39 is 0 Å². The van der Waals surface area contributed by atoms with Crippen LogP contribution in [0, 0.1) is 0 Å². The van der Waals surface area contributed by atoms with Crippen molar-refractivity contribution in [2.45, 2.75) is 25.9 Å². The predicted molar refractivity (Wildman–Crippen MR) is 39.8 cm³/mol. The first-order chi connectivity index (χ1) is 4.52. The standard InChI is InChI=1S/C7H15NO2/c1-7(2,10-4)5-6(9)8-3/h5H2,1-4H3,(H,8,9). The van der Waals surface area contributed by atoms with Crippen LogP contribution in [0.4, 0.5) is 0 Å². The summed E-state index contributed by atoms with van der Waals surface area (Å²) in [6, 6.07) is 0. The predicted octanol–water partition coefficient (Wildman–Crippen LogP) is 0.547. The Morgan fingerprint density at radius 2 is 2.10 bits per heavy atom. The second kappa shape index (κ2) is 3.56. The third-order valence-electron chi connectivity index (χ3n) is 1.42. The molecule has 0 radical (unpaired) electrons. The molecule has 3 nitrogen and oxygen atoms in total. The lowest BCUT2D eigenvalue weighted by Crippen LogP contribution is -2.31. The largest absolute Gasteiger partial charge is 0.378 e. The molecule has 0 saturated heterocycles. The van der Waals surface area contributed by atoms with Crippen LogP contribution in [0.15, 0.2) is 0 Å². The second-order valence-corrected chi connectivity index (χ2v) is 2.81. The van der Waals surface area contributed by atoms with Gasteiger partial charge in [0.15, 0.2) is 0 Å². The van der Waals surface area contributed by atoms with Crippen molar-refractivity contribution in [3.63, 3.8) is 0 Å². The fourth-order valence-electron chi connectivity index (χ4n) is 0.547. The van der Waals surface area contributed by atoms with Crippen LogP contribution < -0.4 is 5.32 Å². The minimum atomic E-state index is -0.347. The SMILES string of the molecule is CNC(=O)CC(C)(C)OC. The van der Waals surface area contributed by atoms with Gasteiger partial charge in [-0.2, -0.15) is 0 Å². The monoisotopic (exact) mass is 145 g/mol. The summed E-state index contributed by atoms with van der Waals surface area (Å²) in [7, 11) is 3.22. The molecule has 0 aliphatic heterocycles. The highest BCUT2D eigenvalue weighted by molar-refractivity contribution is 5.76. The van der Waals surface area contributed by atoms with Gasteiger partial charge in [-0.1, -0.05) is 0 Å². The van der Waals surface area contributed by atoms with Gasteiger partial charge in [0, 0.05) is 14.2 Å². The molecule has 3 heteroatoms. The van der Waals surface area contributed by atoms with Crippen LogP contribution in [0.1, 0.15) is 20.3 Å². The number of hydrogen-bond donors (Lipinski definition) is 1. The van der Waals surface area contributed by atoms with E-state index in [-0.39, 0.29) is 11.5 Å². The van der Waals surface area contributed by atoms with Gasteiger partial charge in [-0.15, -0.1) is 0 Å². The van der Waals surface area contributed by atoms with Gasteiger partial charge in [0.05, 0.1) is 12.0 Å². The Morgan fingerprint density at radius 3 is 2.40 bits per heavy atom. The molecule has 0 saturated carbocycles. The van der Waals surface area contributed by atoms with Crippen molar-refractivity contribution in [3.05, 3.63) is 0 Å². The molecule has 0 aromatic rings. The number of rotatable bonds is 3. The Labute approximate surface area is 61.8 Å². The van der Waals surface area contributed by atoms with Gasteiger partial charge in [-0.05, 0) is 13.8 Å². The van der Waals surface area contributed by atoms with Gasteiger partial charge in [-0.25, -0.2) is 0 Å². The average Bonchev–Trinajstić information content (AvgIpc) is 1.87. The average molecular weight is 145 g/mol. The highest BCUT2D eigenvalue weighted by atomic mass is 16.5. The summed E-state index contributed by atoms with van der Waals surface area (Å²) in [6.45, 7) is 3.75. The quantitative estimate of drug-likeness (QED) is 0.629. The van der Waals surface area contributed by atoms with Gasteiger partial charge in [0.25, 0.3) is 0 Å². The molecule has 0 aliphatic carbocycles. The number of methoxy groups -OCH3 is 1. The molecule has 0 fully saturated rings. The maximum absolute atomic E-state index is 10.8. The first-order valence-corrected chi connectivity index (χ1v) is 3.27. The van der Waals surface area contributed by atoms with E-state index in [1.54, 1.807) is 14.2 Å². The zero-order chi connectivity index (χ0) is 8.20. The normalized spacial score (nSPS) is 11.2. The third-order valence-corrected chi connectivity index (χ3v) is 1.42. The molecule has 10 heavy (non-hydrogen) atoms. The van der Waals surface area contributed by atoms with Crippen molar-refractivity contribution in [2.75, 3.05) is 14.2 Å². The summed E-state index contributed by atoms with van der Waals surface area (Å²) in [6.07, 6.45) is 0.403. The molecule has 0 unspecified atom stereocenters. The smallest absolute Gasteiger partial charge is 0.222 e. The van der Waals surface area contributed by atoms with E-state index in [9.17, 15) is 4.79 Å². The molecule has 1 amide bonds. The Bertz CT molecular complexity index is 121. The van der Waals surface area contributed by atoms with Crippen molar-refractivity contribution >= 4 is 5.91 Å². The summed E-state index contributed by atoms with van der Waals surface area (Å²) < 4.78 is 5.05. The number of amides is 1. The Hall–Kier alpha value is -0.570. The minimum absolute atomic E-state index is 0.00634. The van der Waals surface area contributed by atoms with Gasteiger partial charge in [0.2, 0.25) is 5.91 Å². The zero-order valence-corrected chi connectivity index (χ0v) is 7.02. The van der Waals surface area contributed by atoms with Gasteiger partial charge >= 0.3 is 0 Å². The fraction of sp³-hybridized carbons (Fsp3) is 0.857. The van der Waals surface area contributed by atoms with Crippen LogP contribution in [-0.4, -0.2) is 25.7 Å².